The quantitative estimate of drug-likeness (QED) is 0.748. The van der Waals surface area contributed by atoms with E-state index in [-0.39, 0.29) is 19.3 Å². The van der Waals surface area contributed by atoms with E-state index in [0.29, 0.717) is 5.56 Å². The number of ketones is 2. The maximum absolute atomic E-state index is 12.6. The third-order valence-corrected chi connectivity index (χ3v) is 3.81. The van der Waals surface area contributed by atoms with Crippen LogP contribution in [0.1, 0.15) is 45.6 Å². The molecule has 0 bridgehead atoms. The second-order valence-electron chi connectivity index (χ2n) is 4.90. The summed E-state index contributed by atoms with van der Waals surface area (Å²) < 4.78 is 0. The van der Waals surface area contributed by atoms with Crippen molar-refractivity contribution in [3.63, 3.8) is 0 Å². The standard InChI is InChI=1S/C16H22O4/c1-4-13(17)16(20,6-3)14(18)15(19,5-2)12-10-8-7-9-11-12/h7-11,19-20H,4-6H2,1-3H3/t15-,16-/m0/s1. The zero-order chi connectivity index (χ0) is 15.4. The lowest BCUT2D eigenvalue weighted by Crippen LogP contribution is -2.55. The lowest BCUT2D eigenvalue weighted by Gasteiger charge is -2.34. The molecule has 0 fully saturated rings. The predicted octanol–water partition coefficient (Wildman–Crippen LogP) is 1.97. The number of carbonyl (C=O) groups is 2. The topological polar surface area (TPSA) is 74.6 Å². The SMILES string of the molecule is CCC(=O)[C@@](O)(CC)C(=O)[C@](O)(CC)c1ccccc1. The van der Waals surface area contributed by atoms with Gasteiger partial charge < -0.3 is 10.2 Å². The van der Waals surface area contributed by atoms with Crippen molar-refractivity contribution in [1.82, 2.24) is 0 Å². The van der Waals surface area contributed by atoms with Crippen LogP contribution in [0, 0.1) is 0 Å². The summed E-state index contributed by atoms with van der Waals surface area (Å²) in [4.78, 5) is 24.5. The van der Waals surface area contributed by atoms with E-state index in [1.165, 1.54) is 0 Å². The summed E-state index contributed by atoms with van der Waals surface area (Å²) in [6.07, 6.45) is 0.0907. The number of aliphatic hydroxyl groups is 2. The molecular weight excluding hydrogens is 256 g/mol. The van der Waals surface area contributed by atoms with E-state index in [9.17, 15) is 19.8 Å². The normalized spacial score (nSPS) is 17.1. The Balaban J connectivity index is 3.30. The van der Waals surface area contributed by atoms with Crippen LogP contribution in [0.3, 0.4) is 0 Å². The zero-order valence-corrected chi connectivity index (χ0v) is 12.2. The molecule has 0 saturated carbocycles. The molecule has 4 heteroatoms. The van der Waals surface area contributed by atoms with Crippen molar-refractivity contribution in [3.8, 4) is 0 Å². The molecule has 0 aliphatic carbocycles. The molecule has 0 saturated heterocycles. The van der Waals surface area contributed by atoms with Crippen molar-refractivity contribution >= 4 is 11.6 Å². The van der Waals surface area contributed by atoms with E-state index in [4.69, 9.17) is 0 Å². The van der Waals surface area contributed by atoms with E-state index in [0.717, 1.165) is 0 Å². The van der Waals surface area contributed by atoms with Crippen LogP contribution >= 0.6 is 0 Å². The second kappa shape index (κ2) is 6.29. The summed E-state index contributed by atoms with van der Waals surface area (Å²) in [7, 11) is 0. The molecule has 4 nitrogen and oxygen atoms in total. The number of rotatable bonds is 7. The lowest BCUT2D eigenvalue weighted by molar-refractivity contribution is -0.165. The van der Waals surface area contributed by atoms with Gasteiger partial charge in [0.25, 0.3) is 0 Å². The molecule has 0 amide bonds. The van der Waals surface area contributed by atoms with Crippen LogP contribution in [0.2, 0.25) is 0 Å². The maximum Gasteiger partial charge on any atom is 0.207 e. The fourth-order valence-corrected chi connectivity index (χ4v) is 2.33. The molecule has 0 radical (unpaired) electrons. The Hall–Kier alpha value is -1.52. The zero-order valence-electron chi connectivity index (χ0n) is 12.2. The lowest BCUT2D eigenvalue weighted by atomic mass is 9.75. The first kappa shape index (κ1) is 16.5. The van der Waals surface area contributed by atoms with Crippen molar-refractivity contribution < 1.29 is 19.8 Å². The van der Waals surface area contributed by atoms with Crippen molar-refractivity contribution in [2.75, 3.05) is 0 Å². The highest BCUT2D eigenvalue weighted by Crippen LogP contribution is 2.32. The van der Waals surface area contributed by atoms with Gasteiger partial charge in [-0.3, -0.25) is 9.59 Å². The Kier molecular flexibility index (Phi) is 5.20. The molecular formula is C16H22O4. The fourth-order valence-electron chi connectivity index (χ4n) is 2.33. The molecule has 0 aliphatic heterocycles. The Bertz CT molecular complexity index is 483. The van der Waals surface area contributed by atoms with Gasteiger partial charge in [0.15, 0.2) is 17.0 Å². The molecule has 110 valence electrons. The van der Waals surface area contributed by atoms with Gasteiger partial charge in [-0.2, -0.15) is 0 Å². The summed E-state index contributed by atoms with van der Waals surface area (Å²) in [6, 6.07) is 8.42. The van der Waals surface area contributed by atoms with Crippen molar-refractivity contribution in [1.29, 1.82) is 0 Å². The molecule has 0 heterocycles. The summed E-state index contributed by atoms with van der Waals surface area (Å²) >= 11 is 0. The Morgan fingerprint density at radius 1 is 1.00 bits per heavy atom. The van der Waals surface area contributed by atoms with Crippen LogP contribution in [0.5, 0.6) is 0 Å². The molecule has 0 aliphatic rings. The first-order valence-electron chi connectivity index (χ1n) is 6.95. The highest BCUT2D eigenvalue weighted by molar-refractivity contribution is 6.13. The van der Waals surface area contributed by atoms with E-state index in [1.807, 2.05) is 0 Å². The van der Waals surface area contributed by atoms with Gasteiger partial charge in [0, 0.05) is 6.42 Å². The Morgan fingerprint density at radius 3 is 1.95 bits per heavy atom. The van der Waals surface area contributed by atoms with Gasteiger partial charge >= 0.3 is 0 Å². The minimum absolute atomic E-state index is 0.0463. The molecule has 0 aromatic heterocycles. The first-order valence-corrected chi connectivity index (χ1v) is 6.95. The second-order valence-corrected chi connectivity index (χ2v) is 4.90. The number of Topliss-reactive ketones (excluding diaryl/α,β-unsaturated/α-hetero) is 2. The van der Waals surface area contributed by atoms with Gasteiger partial charge in [0.1, 0.15) is 0 Å². The van der Waals surface area contributed by atoms with Crippen LogP contribution < -0.4 is 0 Å². The number of hydrogen-bond donors (Lipinski definition) is 2. The minimum atomic E-state index is -2.13. The number of carbonyl (C=O) groups excluding carboxylic acids is 2. The molecule has 1 aromatic rings. The summed E-state index contributed by atoms with van der Waals surface area (Å²) in [5, 5.41) is 21.1. The molecule has 2 N–H and O–H groups in total. The minimum Gasteiger partial charge on any atom is -0.377 e. The van der Waals surface area contributed by atoms with Gasteiger partial charge in [0.2, 0.25) is 5.78 Å². The van der Waals surface area contributed by atoms with Gasteiger partial charge in [-0.15, -0.1) is 0 Å². The molecule has 0 unspecified atom stereocenters. The Labute approximate surface area is 119 Å². The van der Waals surface area contributed by atoms with E-state index < -0.39 is 22.8 Å². The van der Waals surface area contributed by atoms with Crippen LogP contribution in [0.25, 0.3) is 0 Å². The van der Waals surface area contributed by atoms with Crippen LogP contribution in [-0.4, -0.2) is 27.4 Å². The van der Waals surface area contributed by atoms with Gasteiger partial charge in [-0.1, -0.05) is 51.1 Å². The van der Waals surface area contributed by atoms with Crippen molar-refractivity contribution in [3.05, 3.63) is 35.9 Å². The molecule has 1 rings (SSSR count). The van der Waals surface area contributed by atoms with Crippen molar-refractivity contribution in [2.45, 2.75) is 51.2 Å². The molecule has 0 spiro atoms. The molecule has 1 aromatic carbocycles. The third-order valence-electron chi connectivity index (χ3n) is 3.81. The molecule has 20 heavy (non-hydrogen) atoms. The molecule has 2 atom stereocenters. The average Bonchev–Trinajstić information content (AvgIpc) is 2.52. The first-order chi connectivity index (χ1) is 9.36. The van der Waals surface area contributed by atoms with E-state index in [2.05, 4.69) is 0 Å². The highest BCUT2D eigenvalue weighted by Gasteiger charge is 2.51. The Morgan fingerprint density at radius 2 is 1.55 bits per heavy atom. The fraction of sp³-hybridized carbons (Fsp3) is 0.500. The van der Waals surface area contributed by atoms with E-state index >= 15 is 0 Å². The van der Waals surface area contributed by atoms with Crippen LogP contribution in [0.4, 0.5) is 0 Å². The number of hydrogen-bond acceptors (Lipinski definition) is 4. The van der Waals surface area contributed by atoms with Crippen LogP contribution in [-0.2, 0) is 15.2 Å². The largest absolute Gasteiger partial charge is 0.377 e. The maximum atomic E-state index is 12.6. The van der Waals surface area contributed by atoms with Crippen molar-refractivity contribution in [2.24, 2.45) is 0 Å². The summed E-state index contributed by atoms with van der Waals surface area (Å²) in [6.45, 7) is 4.80. The van der Waals surface area contributed by atoms with Crippen LogP contribution in [0.15, 0.2) is 30.3 Å². The third kappa shape index (κ3) is 2.67. The highest BCUT2D eigenvalue weighted by atomic mass is 16.3. The van der Waals surface area contributed by atoms with Gasteiger partial charge in [-0.25, -0.2) is 0 Å². The monoisotopic (exact) mass is 278 g/mol. The summed E-state index contributed by atoms with van der Waals surface area (Å²) in [5.41, 5.74) is -3.59. The number of benzene rings is 1. The van der Waals surface area contributed by atoms with E-state index in [1.54, 1.807) is 51.1 Å². The average molecular weight is 278 g/mol. The summed E-state index contributed by atoms with van der Waals surface area (Å²) in [5.74, 6) is -1.40. The predicted molar refractivity (Wildman–Crippen MR) is 76.2 cm³/mol. The van der Waals surface area contributed by atoms with Gasteiger partial charge in [-0.05, 0) is 18.4 Å². The van der Waals surface area contributed by atoms with Gasteiger partial charge in [0.05, 0.1) is 0 Å². The smallest absolute Gasteiger partial charge is 0.207 e.